The Hall–Kier alpha value is -2.87. The van der Waals surface area contributed by atoms with E-state index in [1.165, 1.54) is 0 Å². The maximum Gasteiger partial charge on any atom is 0.300 e. The molecule has 1 heterocycles. The Bertz CT molecular complexity index is 750. The van der Waals surface area contributed by atoms with Crippen molar-refractivity contribution in [2.24, 2.45) is 10.8 Å². The van der Waals surface area contributed by atoms with E-state index in [1.807, 2.05) is 42.6 Å². The van der Waals surface area contributed by atoms with Crippen LogP contribution in [0.4, 0.5) is 0 Å². The van der Waals surface area contributed by atoms with Crippen molar-refractivity contribution in [2.45, 2.75) is 6.92 Å². The number of hydrogen-bond acceptors (Lipinski definition) is 3. The van der Waals surface area contributed by atoms with Crippen LogP contribution in [0, 0.1) is 5.41 Å². The van der Waals surface area contributed by atoms with Crippen molar-refractivity contribution in [1.82, 2.24) is 10.4 Å². The van der Waals surface area contributed by atoms with Crippen LogP contribution in [0.5, 0.6) is 0 Å². The van der Waals surface area contributed by atoms with Gasteiger partial charge in [0.1, 0.15) is 5.71 Å². The van der Waals surface area contributed by atoms with E-state index in [0.717, 1.165) is 22.7 Å². The molecule has 0 unspecified atom stereocenters. The van der Waals surface area contributed by atoms with Crippen LogP contribution in [-0.4, -0.2) is 27.7 Å². The Morgan fingerprint density at radius 3 is 2.50 bits per heavy atom. The molecule has 0 amide bonds. The first-order valence-corrected chi connectivity index (χ1v) is 7.57. The van der Waals surface area contributed by atoms with Gasteiger partial charge in [0.05, 0.1) is 0 Å². The van der Waals surface area contributed by atoms with Crippen molar-refractivity contribution in [3.63, 3.8) is 0 Å². The number of hydrazone groups is 1. The standard InChI is InChI=1S/C14H14BrN5.C2H4O2/c1-9(12-7-4-8-18-12)13(19-20-14(16)17)10-5-2-3-6-11(10)15;1-2(3)4/h2-8,18H,1H2,(H4,16,17,20);1H3,(H,3,4). The van der Waals surface area contributed by atoms with Crippen molar-refractivity contribution in [3.05, 3.63) is 64.9 Å². The van der Waals surface area contributed by atoms with Crippen molar-refractivity contribution in [2.75, 3.05) is 0 Å². The van der Waals surface area contributed by atoms with Crippen LogP contribution in [0.1, 0.15) is 18.2 Å². The topological polar surface area (TPSA) is 127 Å². The third-order valence-electron chi connectivity index (χ3n) is 2.63. The van der Waals surface area contributed by atoms with Gasteiger partial charge in [-0.3, -0.25) is 10.2 Å². The third kappa shape index (κ3) is 6.09. The zero-order chi connectivity index (χ0) is 18.1. The fraction of sp³-hybridized carbons (Fsp3) is 0.0625. The van der Waals surface area contributed by atoms with E-state index in [9.17, 15) is 0 Å². The van der Waals surface area contributed by atoms with Gasteiger partial charge in [-0.25, -0.2) is 5.43 Å². The molecule has 8 heteroatoms. The molecule has 0 saturated heterocycles. The zero-order valence-electron chi connectivity index (χ0n) is 13.0. The number of aliphatic carboxylic acids is 1. The number of aromatic nitrogens is 1. The highest BCUT2D eigenvalue weighted by atomic mass is 79.9. The number of rotatable bonds is 4. The molecule has 0 saturated carbocycles. The fourth-order valence-electron chi connectivity index (χ4n) is 1.71. The predicted molar refractivity (Wildman–Crippen MR) is 98.9 cm³/mol. The van der Waals surface area contributed by atoms with E-state index in [1.54, 1.807) is 0 Å². The van der Waals surface area contributed by atoms with Crippen LogP contribution in [0.2, 0.25) is 0 Å². The van der Waals surface area contributed by atoms with Crippen LogP contribution in [0.25, 0.3) is 5.57 Å². The van der Waals surface area contributed by atoms with Crippen LogP contribution in [0.15, 0.2) is 58.7 Å². The number of carbonyl (C=O) groups is 1. The molecule has 0 atom stereocenters. The van der Waals surface area contributed by atoms with Crippen LogP contribution < -0.4 is 11.2 Å². The fourth-order valence-corrected chi connectivity index (χ4v) is 2.18. The summed E-state index contributed by atoms with van der Waals surface area (Å²) in [5.74, 6) is -1.06. The van der Waals surface area contributed by atoms with E-state index in [2.05, 4.69) is 38.0 Å². The van der Waals surface area contributed by atoms with Gasteiger partial charge in [-0.15, -0.1) is 0 Å². The molecule has 0 aliphatic rings. The Labute approximate surface area is 147 Å². The summed E-state index contributed by atoms with van der Waals surface area (Å²) in [7, 11) is 0. The van der Waals surface area contributed by atoms with Gasteiger partial charge >= 0.3 is 0 Å². The molecule has 0 spiro atoms. The molecule has 1 aromatic carbocycles. The second-order valence-corrected chi connectivity index (χ2v) is 5.40. The van der Waals surface area contributed by atoms with Gasteiger partial charge in [0, 0.05) is 34.4 Å². The minimum atomic E-state index is -0.833. The molecule has 0 fully saturated rings. The number of benzene rings is 1. The van der Waals surface area contributed by atoms with Gasteiger partial charge in [-0.1, -0.05) is 40.7 Å². The molecule has 126 valence electrons. The van der Waals surface area contributed by atoms with Gasteiger partial charge in [-0.05, 0) is 18.2 Å². The first kappa shape index (κ1) is 19.2. The lowest BCUT2D eigenvalue weighted by molar-refractivity contribution is -0.134. The molecule has 2 rings (SSSR count). The lowest BCUT2D eigenvalue weighted by Gasteiger charge is -2.11. The summed E-state index contributed by atoms with van der Waals surface area (Å²) in [5, 5.41) is 18.8. The number of hydrogen-bond donors (Lipinski definition) is 5. The Morgan fingerprint density at radius 2 is 2.00 bits per heavy atom. The molecule has 0 radical (unpaired) electrons. The van der Waals surface area contributed by atoms with Crippen molar-refractivity contribution in [3.8, 4) is 0 Å². The first-order chi connectivity index (χ1) is 11.3. The van der Waals surface area contributed by atoms with Gasteiger partial charge in [0.15, 0.2) is 0 Å². The van der Waals surface area contributed by atoms with Gasteiger partial charge < -0.3 is 15.8 Å². The Kier molecular flexibility index (Phi) is 7.44. The number of H-pyrrole nitrogens is 1. The summed E-state index contributed by atoms with van der Waals surface area (Å²) >= 11 is 3.49. The lowest BCUT2D eigenvalue weighted by atomic mass is 10.0. The molecule has 2 aromatic rings. The molecular formula is C16H18BrN5O2. The summed E-state index contributed by atoms with van der Waals surface area (Å²) in [6, 6.07) is 11.4. The Balaban J connectivity index is 0.000000648. The largest absolute Gasteiger partial charge is 0.481 e. The van der Waals surface area contributed by atoms with E-state index in [0.29, 0.717) is 11.3 Å². The SMILES string of the molecule is C=C(C(=NNC(=N)N)c1ccccc1Br)c1ccc[nH]1.CC(=O)O. The van der Waals surface area contributed by atoms with Crippen molar-refractivity contribution in [1.29, 1.82) is 5.41 Å². The van der Waals surface area contributed by atoms with Crippen molar-refractivity contribution >= 4 is 39.1 Å². The van der Waals surface area contributed by atoms with E-state index in [-0.39, 0.29) is 5.96 Å². The number of nitrogens with one attached hydrogen (secondary N) is 3. The highest BCUT2D eigenvalue weighted by molar-refractivity contribution is 9.10. The molecule has 0 aliphatic carbocycles. The average Bonchev–Trinajstić information content (AvgIpc) is 3.02. The number of nitrogens with two attached hydrogens (primary N) is 1. The zero-order valence-corrected chi connectivity index (χ0v) is 14.6. The first-order valence-electron chi connectivity index (χ1n) is 6.78. The van der Waals surface area contributed by atoms with Gasteiger partial charge in [-0.2, -0.15) is 5.10 Å². The van der Waals surface area contributed by atoms with E-state index < -0.39 is 5.97 Å². The third-order valence-corrected chi connectivity index (χ3v) is 3.32. The normalized spacial score (nSPS) is 10.3. The lowest BCUT2D eigenvalue weighted by Crippen LogP contribution is -2.27. The smallest absolute Gasteiger partial charge is 0.300 e. The number of guanidine groups is 1. The summed E-state index contributed by atoms with van der Waals surface area (Å²) in [5.41, 5.74) is 10.8. The number of halogens is 1. The number of allylic oxidation sites excluding steroid dienone is 1. The van der Waals surface area contributed by atoms with E-state index in [4.69, 9.17) is 21.0 Å². The van der Waals surface area contributed by atoms with E-state index >= 15 is 0 Å². The molecule has 0 bridgehead atoms. The van der Waals surface area contributed by atoms with Crippen LogP contribution >= 0.6 is 15.9 Å². The molecule has 24 heavy (non-hydrogen) atoms. The molecule has 1 aromatic heterocycles. The van der Waals surface area contributed by atoms with Crippen LogP contribution in [0.3, 0.4) is 0 Å². The highest BCUT2D eigenvalue weighted by Gasteiger charge is 2.14. The monoisotopic (exact) mass is 391 g/mol. The molecular weight excluding hydrogens is 374 g/mol. The second-order valence-electron chi connectivity index (χ2n) is 4.55. The van der Waals surface area contributed by atoms with Gasteiger partial charge in [0.25, 0.3) is 5.97 Å². The molecule has 7 nitrogen and oxygen atoms in total. The summed E-state index contributed by atoms with van der Waals surface area (Å²) in [4.78, 5) is 12.1. The maximum absolute atomic E-state index is 9.00. The number of nitrogens with zero attached hydrogens (tertiary/aromatic N) is 1. The summed E-state index contributed by atoms with van der Waals surface area (Å²) in [6.07, 6.45) is 1.82. The summed E-state index contributed by atoms with van der Waals surface area (Å²) in [6.45, 7) is 5.14. The number of aromatic amines is 1. The molecule has 0 aliphatic heterocycles. The number of carboxylic acids is 1. The minimum Gasteiger partial charge on any atom is -0.481 e. The predicted octanol–water partition coefficient (Wildman–Crippen LogP) is 2.77. The number of carboxylic acid groups (broad SMARTS) is 1. The quantitative estimate of drug-likeness (QED) is 0.311. The maximum atomic E-state index is 9.00. The summed E-state index contributed by atoms with van der Waals surface area (Å²) < 4.78 is 0.886. The van der Waals surface area contributed by atoms with Crippen molar-refractivity contribution < 1.29 is 9.90 Å². The minimum absolute atomic E-state index is 0.228. The molecule has 6 N–H and O–H groups in total. The highest BCUT2D eigenvalue weighted by Crippen LogP contribution is 2.23. The van der Waals surface area contributed by atoms with Gasteiger partial charge in [0.2, 0.25) is 5.96 Å². The second kappa shape index (κ2) is 9.31. The van der Waals surface area contributed by atoms with Crippen LogP contribution in [-0.2, 0) is 4.79 Å². The Morgan fingerprint density at radius 1 is 1.38 bits per heavy atom. The average molecular weight is 392 g/mol.